The molecule has 5 heteroatoms. The van der Waals surface area contributed by atoms with Crippen molar-refractivity contribution in [2.24, 2.45) is 0 Å². The molecule has 0 aliphatic carbocycles. The minimum Gasteiger partial charge on any atom is -0.427 e. The average molecular weight is 312 g/mol. The Morgan fingerprint density at radius 1 is 0.783 bits per heavy atom. The third kappa shape index (κ3) is 4.26. The molecule has 0 unspecified atom stereocenters. The first-order valence-corrected chi connectivity index (χ1v) is 6.99. The lowest BCUT2D eigenvalue weighted by Crippen LogP contribution is -2.06. The first kappa shape index (κ1) is 16.4. The van der Waals surface area contributed by atoms with Crippen molar-refractivity contribution in [1.82, 2.24) is 0 Å². The lowest BCUT2D eigenvalue weighted by atomic mass is 10.0. The maximum atomic E-state index is 12.5. The fraction of sp³-hybridized carbons (Fsp3) is 0.167. The van der Waals surface area contributed by atoms with E-state index < -0.39 is 11.9 Å². The monoisotopic (exact) mass is 312 g/mol. The number of benzene rings is 2. The summed E-state index contributed by atoms with van der Waals surface area (Å²) in [5.41, 5.74) is 1.65. The SMILES string of the molecule is CC(=O)Oc1ccc(C(=O)c2ccc(OC(C)=O)c(C)c2)cc1. The molecule has 2 aromatic carbocycles. The molecule has 0 aliphatic heterocycles. The maximum absolute atomic E-state index is 12.5. The van der Waals surface area contributed by atoms with Crippen LogP contribution in [0.3, 0.4) is 0 Å². The van der Waals surface area contributed by atoms with Crippen LogP contribution in [0.15, 0.2) is 42.5 Å². The Hall–Kier alpha value is -2.95. The Morgan fingerprint density at radius 3 is 1.87 bits per heavy atom. The largest absolute Gasteiger partial charge is 0.427 e. The lowest BCUT2D eigenvalue weighted by Gasteiger charge is -2.08. The highest BCUT2D eigenvalue weighted by Gasteiger charge is 2.12. The third-order valence-corrected chi connectivity index (χ3v) is 3.07. The predicted octanol–water partition coefficient (Wildman–Crippen LogP) is 3.08. The van der Waals surface area contributed by atoms with E-state index >= 15 is 0 Å². The van der Waals surface area contributed by atoms with Crippen molar-refractivity contribution in [3.8, 4) is 11.5 Å². The van der Waals surface area contributed by atoms with Gasteiger partial charge < -0.3 is 9.47 Å². The molecule has 0 aromatic heterocycles. The minimum absolute atomic E-state index is 0.170. The van der Waals surface area contributed by atoms with Crippen LogP contribution in [0.25, 0.3) is 0 Å². The number of aryl methyl sites for hydroxylation is 1. The summed E-state index contributed by atoms with van der Waals surface area (Å²) < 4.78 is 9.97. The van der Waals surface area contributed by atoms with Crippen LogP contribution in [0.4, 0.5) is 0 Å². The summed E-state index contributed by atoms with van der Waals surface area (Å²) in [7, 11) is 0. The summed E-state index contributed by atoms with van der Waals surface area (Å²) in [6, 6.07) is 11.2. The quantitative estimate of drug-likeness (QED) is 0.493. The molecule has 0 spiro atoms. The van der Waals surface area contributed by atoms with E-state index in [9.17, 15) is 14.4 Å². The molecule has 0 bridgehead atoms. The Bertz CT molecular complexity index is 759. The molecule has 2 rings (SSSR count). The first-order chi connectivity index (χ1) is 10.9. The van der Waals surface area contributed by atoms with Gasteiger partial charge in [0, 0.05) is 25.0 Å². The number of ketones is 1. The van der Waals surface area contributed by atoms with Gasteiger partial charge in [-0.25, -0.2) is 0 Å². The Labute approximate surface area is 133 Å². The van der Waals surface area contributed by atoms with Gasteiger partial charge in [0.1, 0.15) is 11.5 Å². The molecular weight excluding hydrogens is 296 g/mol. The Morgan fingerprint density at radius 2 is 1.35 bits per heavy atom. The maximum Gasteiger partial charge on any atom is 0.308 e. The molecule has 0 fully saturated rings. The fourth-order valence-corrected chi connectivity index (χ4v) is 2.07. The molecular formula is C18H16O5. The van der Waals surface area contributed by atoms with Crippen molar-refractivity contribution in [2.75, 3.05) is 0 Å². The van der Waals surface area contributed by atoms with Gasteiger partial charge in [-0.05, 0) is 55.0 Å². The second kappa shape index (κ2) is 6.87. The van der Waals surface area contributed by atoms with Crippen LogP contribution in [-0.2, 0) is 9.59 Å². The van der Waals surface area contributed by atoms with Crippen molar-refractivity contribution in [3.05, 3.63) is 59.2 Å². The van der Waals surface area contributed by atoms with E-state index in [1.807, 2.05) is 0 Å². The smallest absolute Gasteiger partial charge is 0.308 e. The Kier molecular flexibility index (Phi) is 4.91. The van der Waals surface area contributed by atoms with Gasteiger partial charge in [0.2, 0.25) is 0 Å². The van der Waals surface area contributed by atoms with Gasteiger partial charge in [-0.2, -0.15) is 0 Å². The molecule has 0 amide bonds. The summed E-state index contributed by atoms with van der Waals surface area (Å²) in [5, 5.41) is 0. The average Bonchev–Trinajstić information content (AvgIpc) is 2.48. The molecule has 0 saturated carbocycles. The highest BCUT2D eigenvalue weighted by molar-refractivity contribution is 6.09. The van der Waals surface area contributed by atoms with E-state index in [0.717, 1.165) is 0 Å². The zero-order valence-electron chi connectivity index (χ0n) is 13.1. The van der Waals surface area contributed by atoms with Crippen molar-refractivity contribution in [3.63, 3.8) is 0 Å². The van der Waals surface area contributed by atoms with Crippen LogP contribution >= 0.6 is 0 Å². The standard InChI is InChI=1S/C18H16O5/c1-11-10-15(6-9-17(11)23-13(3)20)18(21)14-4-7-16(8-5-14)22-12(2)19/h4-10H,1-3H3. The zero-order chi connectivity index (χ0) is 17.0. The van der Waals surface area contributed by atoms with E-state index in [-0.39, 0.29) is 5.78 Å². The van der Waals surface area contributed by atoms with Gasteiger partial charge >= 0.3 is 11.9 Å². The van der Waals surface area contributed by atoms with E-state index in [4.69, 9.17) is 9.47 Å². The van der Waals surface area contributed by atoms with Gasteiger partial charge in [0.25, 0.3) is 0 Å². The molecule has 0 radical (unpaired) electrons. The summed E-state index contributed by atoms with van der Waals surface area (Å²) in [4.78, 5) is 34.3. The van der Waals surface area contributed by atoms with Crippen LogP contribution in [-0.4, -0.2) is 17.7 Å². The fourth-order valence-electron chi connectivity index (χ4n) is 2.07. The van der Waals surface area contributed by atoms with Crippen molar-refractivity contribution >= 4 is 17.7 Å². The number of carbonyl (C=O) groups is 3. The number of ether oxygens (including phenoxy) is 2. The number of hydrogen-bond donors (Lipinski definition) is 0. The van der Waals surface area contributed by atoms with Crippen LogP contribution in [0, 0.1) is 6.92 Å². The van der Waals surface area contributed by atoms with Crippen LogP contribution < -0.4 is 9.47 Å². The molecule has 2 aromatic rings. The van der Waals surface area contributed by atoms with E-state index in [1.165, 1.54) is 13.8 Å². The van der Waals surface area contributed by atoms with Crippen LogP contribution in [0.2, 0.25) is 0 Å². The summed E-state index contributed by atoms with van der Waals surface area (Å²) in [6.07, 6.45) is 0. The Balaban J connectivity index is 2.21. The molecule has 0 heterocycles. The van der Waals surface area contributed by atoms with Gasteiger partial charge in [-0.1, -0.05) is 0 Å². The highest BCUT2D eigenvalue weighted by Crippen LogP contribution is 2.22. The van der Waals surface area contributed by atoms with Gasteiger partial charge in [-0.3, -0.25) is 14.4 Å². The van der Waals surface area contributed by atoms with Crippen LogP contribution in [0.1, 0.15) is 35.3 Å². The minimum atomic E-state index is -0.416. The molecule has 0 N–H and O–H groups in total. The predicted molar refractivity (Wildman–Crippen MR) is 83.7 cm³/mol. The number of hydrogen-bond acceptors (Lipinski definition) is 5. The summed E-state index contributed by atoms with van der Waals surface area (Å²) >= 11 is 0. The number of esters is 2. The normalized spacial score (nSPS) is 10.0. The second-order valence-corrected chi connectivity index (χ2v) is 5.02. The molecule has 0 saturated heterocycles. The second-order valence-electron chi connectivity index (χ2n) is 5.02. The van der Waals surface area contributed by atoms with E-state index in [2.05, 4.69) is 0 Å². The topological polar surface area (TPSA) is 69.7 Å². The first-order valence-electron chi connectivity index (χ1n) is 6.99. The molecule has 0 atom stereocenters. The van der Waals surface area contributed by atoms with Crippen molar-refractivity contribution < 1.29 is 23.9 Å². The van der Waals surface area contributed by atoms with E-state index in [1.54, 1.807) is 49.4 Å². The summed E-state index contributed by atoms with van der Waals surface area (Å²) in [5.74, 6) is -0.180. The van der Waals surface area contributed by atoms with Crippen LogP contribution in [0.5, 0.6) is 11.5 Å². The number of carbonyl (C=O) groups excluding carboxylic acids is 3. The number of rotatable bonds is 4. The van der Waals surface area contributed by atoms with Gasteiger partial charge in [0.15, 0.2) is 5.78 Å². The van der Waals surface area contributed by atoms with Gasteiger partial charge in [-0.15, -0.1) is 0 Å². The molecule has 0 aliphatic rings. The van der Waals surface area contributed by atoms with Gasteiger partial charge in [0.05, 0.1) is 0 Å². The molecule has 5 nitrogen and oxygen atoms in total. The van der Waals surface area contributed by atoms with Crippen molar-refractivity contribution in [1.29, 1.82) is 0 Å². The highest BCUT2D eigenvalue weighted by atomic mass is 16.5. The van der Waals surface area contributed by atoms with E-state index in [0.29, 0.717) is 28.2 Å². The molecule has 118 valence electrons. The van der Waals surface area contributed by atoms with Crippen molar-refractivity contribution in [2.45, 2.75) is 20.8 Å². The lowest BCUT2D eigenvalue weighted by molar-refractivity contribution is -0.132. The third-order valence-electron chi connectivity index (χ3n) is 3.07. The molecule has 23 heavy (non-hydrogen) atoms. The summed E-state index contributed by atoms with van der Waals surface area (Å²) in [6.45, 7) is 4.40. The zero-order valence-corrected chi connectivity index (χ0v) is 13.1.